The average molecular weight is 277 g/mol. The van der Waals surface area contributed by atoms with Gasteiger partial charge in [0.2, 0.25) is 5.91 Å². The topological polar surface area (TPSA) is 66.8 Å². The van der Waals surface area contributed by atoms with E-state index in [-0.39, 0.29) is 12.3 Å². The van der Waals surface area contributed by atoms with Gasteiger partial charge in [-0.15, -0.1) is 0 Å². The van der Waals surface area contributed by atoms with Gasteiger partial charge in [0.1, 0.15) is 0 Å². The quantitative estimate of drug-likeness (QED) is 0.900. The maximum absolute atomic E-state index is 12.3. The van der Waals surface area contributed by atoms with E-state index in [1.54, 1.807) is 36.1 Å². The van der Waals surface area contributed by atoms with Crippen molar-refractivity contribution in [3.05, 3.63) is 35.9 Å². The standard InChI is InChI=1S/C15H19NO4/c1-15(14(18)19,12-5-3-2-4-6-12)11-13(17)16-7-9-20-10-8-16/h2-6H,7-11H2,1H3,(H,18,19). The van der Waals surface area contributed by atoms with Gasteiger partial charge in [-0.3, -0.25) is 9.59 Å². The second kappa shape index (κ2) is 6.05. The van der Waals surface area contributed by atoms with Gasteiger partial charge in [-0.25, -0.2) is 0 Å². The number of rotatable bonds is 4. The first-order valence-corrected chi connectivity index (χ1v) is 6.68. The summed E-state index contributed by atoms with van der Waals surface area (Å²) in [5.74, 6) is -1.12. The molecule has 1 fully saturated rings. The number of hydrogen-bond donors (Lipinski definition) is 1. The van der Waals surface area contributed by atoms with Crippen molar-refractivity contribution in [3.63, 3.8) is 0 Å². The number of carboxylic acid groups (broad SMARTS) is 1. The Morgan fingerprint density at radius 2 is 1.85 bits per heavy atom. The molecule has 2 rings (SSSR count). The number of morpholine rings is 1. The highest BCUT2D eigenvalue weighted by Gasteiger charge is 2.38. The van der Waals surface area contributed by atoms with Crippen LogP contribution in [0.2, 0.25) is 0 Å². The van der Waals surface area contributed by atoms with E-state index in [0.717, 1.165) is 0 Å². The molecule has 1 aliphatic rings. The summed E-state index contributed by atoms with van der Waals surface area (Å²) < 4.78 is 5.20. The summed E-state index contributed by atoms with van der Waals surface area (Å²) in [5.41, 5.74) is -0.550. The van der Waals surface area contributed by atoms with Gasteiger partial charge in [-0.05, 0) is 12.5 Å². The number of carbonyl (C=O) groups is 2. The third-order valence-corrected chi connectivity index (χ3v) is 3.75. The van der Waals surface area contributed by atoms with Crippen molar-refractivity contribution in [2.75, 3.05) is 26.3 Å². The molecule has 1 saturated heterocycles. The molecule has 1 aromatic carbocycles. The van der Waals surface area contributed by atoms with Crippen LogP contribution in [0.15, 0.2) is 30.3 Å². The fourth-order valence-corrected chi connectivity index (χ4v) is 2.33. The van der Waals surface area contributed by atoms with Crippen LogP contribution < -0.4 is 0 Å². The molecule has 1 N–H and O–H groups in total. The fourth-order valence-electron chi connectivity index (χ4n) is 2.33. The Hall–Kier alpha value is -1.88. The molecule has 5 heteroatoms. The zero-order valence-corrected chi connectivity index (χ0v) is 11.5. The van der Waals surface area contributed by atoms with E-state index >= 15 is 0 Å². The minimum atomic E-state index is -1.20. The van der Waals surface area contributed by atoms with Crippen molar-refractivity contribution in [2.45, 2.75) is 18.8 Å². The summed E-state index contributed by atoms with van der Waals surface area (Å²) in [7, 11) is 0. The van der Waals surface area contributed by atoms with E-state index in [1.165, 1.54) is 0 Å². The first-order chi connectivity index (χ1) is 9.54. The van der Waals surface area contributed by atoms with E-state index < -0.39 is 11.4 Å². The van der Waals surface area contributed by atoms with Crippen LogP contribution in [0.3, 0.4) is 0 Å². The molecule has 5 nitrogen and oxygen atoms in total. The highest BCUT2D eigenvalue weighted by molar-refractivity contribution is 5.89. The lowest BCUT2D eigenvalue weighted by Crippen LogP contribution is -2.45. The van der Waals surface area contributed by atoms with Gasteiger partial charge >= 0.3 is 5.97 Å². The van der Waals surface area contributed by atoms with E-state index in [4.69, 9.17) is 4.74 Å². The second-order valence-corrected chi connectivity index (χ2v) is 5.17. The summed E-state index contributed by atoms with van der Waals surface area (Å²) in [5, 5.41) is 9.54. The van der Waals surface area contributed by atoms with Crippen molar-refractivity contribution in [1.82, 2.24) is 4.90 Å². The van der Waals surface area contributed by atoms with E-state index in [2.05, 4.69) is 0 Å². The Balaban J connectivity index is 2.17. The number of carbonyl (C=O) groups excluding carboxylic acids is 1. The summed E-state index contributed by atoms with van der Waals surface area (Å²) in [6, 6.07) is 8.91. The van der Waals surface area contributed by atoms with Crippen molar-refractivity contribution in [2.24, 2.45) is 0 Å². The van der Waals surface area contributed by atoms with Crippen molar-refractivity contribution < 1.29 is 19.4 Å². The normalized spacial score (nSPS) is 18.4. The smallest absolute Gasteiger partial charge is 0.314 e. The number of carboxylic acids is 1. The Morgan fingerprint density at radius 3 is 2.40 bits per heavy atom. The molecule has 1 amide bonds. The monoisotopic (exact) mass is 277 g/mol. The van der Waals surface area contributed by atoms with Crippen LogP contribution in [0.25, 0.3) is 0 Å². The molecule has 108 valence electrons. The molecule has 1 unspecified atom stereocenters. The summed E-state index contributed by atoms with van der Waals surface area (Å²) in [6.45, 7) is 3.69. The van der Waals surface area contributed by atoms with Crippen LogP contribution in [0, 0.1) is 0 Å². The molecule has 20 heavy (non-hydrogen) atoms. The summed E-state index contributed by atoms with van der Waals surface area (Å²) >= 11 is 0. The second-order valence-electron chi connectivity index (χ2n) is 5.17. The molecule has 1 aromatic rings. The minimum Gasteiger partial charge on any atom is -0.481 e. The average Bonchev–Trinajstić information content (AvgIpc) is 2.48. The zero-order valence-electron chi connectivity index (χ0n) is 11.5. The minimum absolute atomic E-state index is 0.0354. The molecule has 1 aliphatic heterocycles. The van der Waals surface area contributed by atoms with E-state index in [0.29, 0.717) is 31.9 Å². The molecule has 0 spiro atoms. The predicted octanol–water partition coefficient (Wildman–Crippen LogP) is 1.28. The van der Waals surface area contributed by atoms with Crippen LogP contribution in [0.1, 0.15) is 18.9 Å². The highest BCUT2D eigenvalue weighted by atomic mass is 16.5. The lowest BCUT2D eigenvalue weighted by atomic mass is 9.79. The molecular formula is C15H19NO4. The highest BCUT2D eigenvalue weighted by Crippen LogP contribution is 2.29. The van der Waals surface area contributed by atoms with Crippen molar-refractivity contribution >= 4 is 11.9 Å². The number of nitrogens with zero attached hydrogens (tertiary/aromatic N) is 1. The Kier molecular flexibility index (Phi) is 4.39. The third-order valence-electron chi connectivity index (χ3n) is 3.75. The molecule has 0 aliphatic carbocycles. The summed E-state index contributed by atoms with van der Waals surface area (Å²) in [4.78, 5) is 25.6. The maximum Gasteiger partial charge on any atom is 0.314 e. The lowest BCUT2D eigenvalue weighted by molar-refractivity contribution is -0.148. The van der Waals surface area contributed by atoms with Gasteiger partial charge < -0.3 is 14.7 Å². The van der Waals surface area contributed by atoms with Gasteiger partial charge in [0, 0.05) is 19.5 Å². The van der Waals surface area contributed by atoms with Gasteiger partial charge in [0.05, 0.1) is 18.6 Å². The molecule has 0 aromatic heterocycles. The number of ether oxygens (including phenoxy) is 1. The first-order valence-electron chi connectivity index (χ1n) is 6.68. The first kappa shape index (κ1) is 14.5. The van der Waals surface area contributed by atoms with Gasteiger partial charge in [0.25, 0.3) is 0 Å². The van der Waals surface area contributed by atoms with Crippen molar-refractivity contribution in [3.8, 4) is 0 Å². The molecule has 1 heterocycles. The lowest BCUT2D eigenvalue weighted by Gasteiger charge is -2.31. The maximum atomic E-state index is 12.3. The van der Waals surface area contributed by atoms with Crippen molar-refractivity contribution in [1.29, 1.82) is 0 Å². The van der Waals surface area contributed by atoms with E-state index in [1.807, 2.05) is 6.07 Å². The number of hydrogen-bond acceptors (Lipinski definition) is 3. The van der Waals surface area contributed by atoms with E-state index in [9.17, 15) is 14.7 Å². The Bertz CT molecular complexity index is 482. The molecule has 0 bridgehead atoms. The third kappa shape index (κ3) is 2.99. The van der Waals surface area contributed by atoms with Crippen LogP contribution in [-0.4, -0.2) is 48.2 Å². The van der Waals surface area contributed by atoms with Gasteiger partial charge in [-0.1, -0.05) is 30.3 Å². The van der Waals surface area contributed by atoms with Crippen LogP contribution in [0.5, 0.6) is 0 Å². The number of benzene rings is 1. The van der Waals surface area contributed by atoms with Gasteiger partial charge in [0.15, 0.2) is 0 Å². The van der Waals surface area contributed by atoms with Crippen LogP contribution >= 0.6 is 0 Å². The molecule has 0 saturated carbocycles. The largest absolute Gasteiger partial charge is 0.481 e. The fraction of sp³-hybridized carbons (Fsp3) is 0.467. The zero-order chi connectivity index (χ0) is 14.6. The Morgan fingerprint density at radius 1 is 1.25 bits per heavy atom. The molecule has 0 radical (unpaired) electrons. The Labute approximate surface area is 118 Å². The van der Waals surface area contributed by atoms with Gasteiger partial charge in [-0.2, -0.15) is 0 Å². The summed E-state index contributed by atoms with van der Waals surface area (Å²) in [6.07, 6.45) is -0.0354. The van der Waals surface area contributed by atoms with Crippen LogP contribution in [0.4, 0.5) is 0 Å². The number of amides is 1. The molecule has 1 atom stereocenters. The number of aliphatic carboxylic acids is 1. The predicted molar refractivity (Wildman–Crippen MR) is 73.4 cm³/mol. The van der Waals surface area contributed by atoms with Crippen LogP contribution in [-0.2, 0) is 19.7 Å². The SMILES string of the molecule is CC(CC(=O)N1CCOCC1)(C(=O)O)c1ccccc1. The molecular weight excluding hydrogens is 258 g/mol.